The van der Waals surface area contributed by atoms with Crippen molar-refractivity contribution in [1.82, 2.24) is 0 Å². The molecule has 0 aliphatic rings. The fourth-order valence-corrected chi connectivity index (χ4v) is 0.759. The van der Waals surface area contributed by atoms with Crippen LogP contribution in [0.3, 0.4) is 0 Å². The van der Waals surface area contributed by atoms with Crippen molar-refractivity contribution in [2.45, 2.75) is 33.0 Å². The summed E-state index contributed by atoms with van der Waals surface area (Å²) in [5, 5.41) is 17.2. The van der Waals surface area contributed by atoms with Gasteiger partial charge in [-0.05, 0) is 32.9 Å². The number of hydrogen-bond donors (Lipinski definition) is 2. The molecule has 1 aromatic carbocycles. The van der Waals surface area contributed by atoms with Gasteiger partial charge in [0.1, 0.15) is 11.9 Å². The van der Waals surface area contributed by atoms with E-state index in [1.54, 1.807) is 38.1 Å². The molecular formula is C12H18O4. The van der Waals surface area contributed by atoms with Crippen molar-refractivity contribution in [1.29, 1.82) is 0 Å². The van der Waals surface area contributed by atoms with Crippen molar-refractivity contribution in [3.8, 4) is 5.75 Å². The first-order valence-corrected chi connectivity index (χ1v) is 5.06. The highest BCUT2D eigenvalue weighted by Gasteiger charge is 2.10. The fourth-order valence-electron chi connectivity index (χ4n) is 0.759. The lowest BCUT2D eigenvalue weighted by Gasteiger charge is -2.08. The van der Waals surface area contributed by atoms with Crippen LogP contribution in [-0.2, 0) is 9.53 Å². The fraction of sp³-hybridized carbons (Fsp3) is 0.417. The number of hydrogen-bond acceptors (Lipinski definition) is 4. The maximum absolute atomic E-state index is 10.5. The highest BCUT2D eigenvalue weighted by atomic mass is 16.6. The zero-order chi connectivity index (χ0) is 12.6. The van der Waals surface area contributed by atoms with Crippen molar-refractivity contribution in [2.24, 2.45) is 0 Å². The third-order valence-corrected chi connectivity index (χ3v) is 1.45. The Hall–Kier alpha value is -1.55. The standard InChI is InChI=1S/C6H12O3.C6H6O/c1-4(2)9-6(8)5(3)7;7-6-4-2-1-3-5-6/h4-5,7H,1-3H3;1-5,7H. The monoisotopic (exact) mass is 226 g/mol. The predicted octanol–water partition coefficient (Wildman–Crippen LogP) is 1.71. The highest BCUT2D eigenvalue weighted by molar-refractivity contribution is 5.73. The number of phenols is 1. The molecular weight excluding hydrogens is 208 g/mol. The van der Waals surface area contributed by atoms with Crippen molar-refractivity contribution >= 4 is 5.97 Å². The van der Waals surface area contributed by atoms with Gasteiger partial charge in [-0.15, -0.1) is 0 Å². The number of aliphatic hydroxyl groups is 1. The lowest BCUT2D eigenvalue weighted by molar-refractivity contribution is -0.156. The van der Waals surface area contributed by atoms with Gasteiger partial charge in [0.15, 0.2) is 0 Å². The molecule has 0 radical (unpaired) electrons. The number of esters is 1. The van der Waals surface area contributed by atoms with Crippen LogP contribution in [0, 0.1) is 0 Å². The molecule has 4 heteroatoms. The van der Waals surface area contributed by atoms with Crippen LogP contribution in [0.25, 0.3) is 0 Å². The Morgan fingerprint density at radius 3 is 1.88 bits per heavy atom. The van der Waals surface area contributed by atoms with Crippen LogP contribution >= 0.6 is 0 Å². The van der Waals surface area contributed by atoms with Gasteiger partial charge in [0.2, 0.25) is 0 Å². The Morgan fingerprint density at radius 1 is 1.19 bits per heavy atom. The summed E-state index contributed by atoms with van der Waals surface area (Å²) < 4.78 is 4.62. The smallest absolute Gasteiger partial charge is 0.334 e. The van der Waals surface area contributed by atoms with Gasteiger partial charge < -0.3 is 14.9 Å². The van der Waals surface area contributed by atoms with Gasteiger partial charge in [-0.2, -0.15) is 0 Å². The van der Waals surface area contributed by atoms with E-state index in [4.69, 9.17) is 10.2 Å². The summed E-state index contributed by atoms with van der Waals surface area (Å²) in [5.74, 6) is -0.243. The number of benzene rings is 1. The lowest BCUT2D eigenvalue weighted by atomic mass is 10.3. The van der Waals surface area contributed by atoms with Crippen molar-refractivity contribution in [2.75, 3.05) is 0 Å². The van der Waals surface area contributed by atoms with E-state index in [0.717, 1.165) is 0 Å². The average molecular weight is 226 g/mol. The molecule has 1 atom stereocenters. The second-order valence-corrected chi connectivity index (χ2v) is 3.50. The van der Waals surface area contributed by atoms with E-state index in [0.29, 0.717) is 5.75 Å². The second-order valence-electron chi connectivity index (χ2n) is 3.50. The third-order valence-electron chi connectivity index (χ3n) is 1.45. The minimum Gasteiger partial charge on any atom is -0.508 e. The van der Waals surface area contributed by atoms with E-state index in [1.165, 1.54) is 6.92 Å². The van der Waals surface area contributed by atoms with E-state index < -0.39 is 12.1 Å². The molecule has 0 fully saturated rings. The maximum Gasteiger partial charge on any atom is 0.334 e. The first-order chi connectivity index (χ1) is 7.43. The van der Waals surface area contributed by atoms with Gasteiger partial charge in [0, 0.05) is 0 Å². The zero-order valence-electron chi connectivity index (χ0n) is 9.75. The maximum atomic E-state index is 10.5. The number of aliphatic hydroxyl groups excluding tert-OH is 1. The van der Waals surface area contributed by atoms with E-state index in [1.807, 2.05) is 6.07 Å². The van der Waals surface area contributed by atoms with Gasteiger partial charge in [0.25, 0.3) is 0 Å². The van der Waals surface area contributed by atoms with Crippen LogP contribution in [0.1, 0.15) is 20.8 Å². The van der Waals surface area contributed by atoms with E-state index >= 15 is 0 Å². The molecule has 0 saturated heterocycles. The Labute approximate surface area is 95.5 Å². The molecule has 0 aliphatic heterocycles. The first-order valence-electron chi connectivity index (χ1n) is 5.06. The molecule has 90 valence electrons. The van der Waals surface area contributed by atoms with E-state index in [9.17, 15) is 4.79 Å². The summed E-state index contributed by atoms with van der Waals surface area (Å²) in [6, 6.07) is 8.71. The number of carbonyl (C=O) groups is 1. The van der Waals surface area contributed by atoms with Crippen LogP contribution < -0.4 is 0 Å². The van der Waals surface area contributed by atoms with Crippen LogP contribution in [0.5, 0.6) is 5.75 Å². The molecule has 2 N–H and O–H groups in total. The van der Waals surface area contributed by atoms with Crippen molar-refractivity contribution in [3.63, 3.8) is 0 Å². The van der Waals surface area contributed by atoms with Crippen LogP contribution in [0.4, 0.5) is 0 Å². The number of ether oxygens (including phenoxy) is 1. The number of rotatable bonds is 2. The zero-order valence-corrected chi connectivity index (χ0v) is 9.75. The van der Waals surface area contributed by atoms with Crippen LogP contribution in [-0.4, -0.2) is 28.4 Å². The molecule has 0 amide bonds. The minimum absolute atomic E-state index is 0.146. The SMILES string of the molecule is CC(C)OC(=O)C(C)O.Oc1ccccc1. The van der Waals surface area contributed by atoms with E-state index in [-0.39, 0.29) is 6.10 Å². The van der Waals surface area contributed by atoms with Crippen molar-refractivity contribution < 1.29 is 19.7 Å². The summed E-state index contributed by atoms with van der Waals surface area (Å²) in [6.07, 6.45) is -1.15. The number of carbonyl (C=O) groups excluding carboxylic acids is 1. The van der Waals surface area contributed by atoms with Gasteiger partial charge in [-0.1, -0.05) is 18.2 Å². The Balaban J connectivity index is 0.000000288. The van der Waals surface area contributed by atoms with Crippen LogP contribution in [0.15, 0.2) is 30.3 Å². The van der Waals surface area contributed by atoms with Crippen molar-refractivity contribution in [3.05, 3.63) is 30.3 Å². The van der Waals surface area contributed by atoms with E-state index in [2.05, 4.69) is 4.74 Å². The van der Waals surface area contributed by atoms with Gasteiger partial charge in [-0.25, -0.2) is 4.79 Å². The van der Waals surface area contributed by atoms with Gasteiger partial charge >= 0.3 is 5.97 Å². The molecule has 0 heterocycles. The molecule has 0 aromatic heterocycles. The molecule has 16 heavy (non-hydrogen) atoms. The second kappa shape index (κ2) is 7.70. The highest BCUT2D eigenvalue weighted by Crippen LogP contribution is 2.02. The number of phenolic OH excluding ortho intramolecular Hbond substituents is 1. The largest absolute Gasteiger partial charge is 0.508 e. The molecule has 0 saturated carbocycles. The summed E-state index contributed by atoms with van der Waals surface area (Å²) in [4.78, 5) is 10.5. The van der Waals surface area contributed by atoms with Gasteiger partial charge in [-0.3, -0.25) is 0 Å². The molecule has 0 bridgehead atoms. The topological polar surface area (TPSA) is 66.8 Å². The minimum atomic E-state index is -1.01. The summed E-state index contributed by atoms with van der Waals surface area (Å²) in [5.41, 5.74) is 0. The average Bonchev–Trinajstić information content (AvgIpc) is 2.18. The Kier molecular flexibility index (Phi) is 6.96. The Morgan fingerprint density at radius 2 is 1.69 bits per heavy atom. The third kappa shape index (κ3) is 7.82. The lowest BCUT2D eigenvalue weighted by Crippen LogP contribution is -2.22. The number of para-hydroxylation sites is 1. The molecule has 4 nitrogen and oxygen atoms in total. The normalized spacial score (nSPS) is 11.3. The molecule has 1 unspecified atom stereocenters. The quantitative estimate of drug-likeness (QED) is 0.753. The summed E-state index contributed by atoms with van der Waals surface area (Å²) in [7, 11) is 0. The summed E-state index contributed by atoms with van der Waals surface area (Å²) in [6.45, 7) is 4.85. The first kappa shape index (κ1) is 14.5. The Bertz CT molecular complexity index is 293. The molecule has 1 aromatic rings. The number of aromatic hydroxyl groups is 1. The molecule has 0 spiro atoms. The summed E-state index contributed by atoms with van der Waals surface area (Å²) >= 11 is 0. The molecule has 1 rings (SSSR count). The van der Waals surface area contributed by atoms with Crippen LogP contribution in [0.2, 0.25) is 0 Å². The van der Waals surface area contributed by atoms with Gasteiger partial charge in [0.05, 0.1) is 6.10 Å². The molecule has 0 aliphatic carbocycles. The predicted molar refractivity (Wildman–Crippen MR) is 61.0 cm³/mol.